The molecule has 1 aromatic carbocycles. The highest BCUT2D eigenvalue weighted by atomic mass is 32.2. The molecule has 0 bridgehead atoms. The summed E-state index contributed by atoms with van der Waals surface area (Å²) in [7, 11) is 0. The number of hydrogen-bond donors (Lipinski definition) is 1. The molecule has 0 fully saturated rings. The van der Waals surface area contributed by atoms with E-state index in [1.54, 1.807) is 13.0 Å². The zero-order chi connectivity index (χ0) is 23.3. The molecule has 1 aromatic rings. The molecule has 0 aromatic heterocycles. The number of aliphatic carboxylic acids is 1. The normalized spacial score (nSPS) is 17.2. The van der Waals surface area contributed by atoms with Crippen molar-refractivity contribution < 1.29 is 19.1 Å². The number of amides is 1. The largest absolute Gasteiger partial charge is 0.477 e. The van der Waals surface area contributed by atoms with E-state index in [1.165, 1.54) is 28.8 Å². The Morgan fingerprint density at radius 1 is 1.32 bits per heavy atom. The minimum atomic E-state index is -1.08. The summed E-state index contributed by atoms with van der Waals surface area (Å²) >= 11 is 1.18. The van der Waals surface area contributed by atoms with Crippen LogP contribution in [0.1, 0.15) is 76.2 Å². The number of benzene rings is 1. The summed E-state index contributed by atoms with van der Waals surface area (Å²) in [5.41, 5.74) is 0.921. The highest BCUT2D eigenvalue weighted by Crippen LogP contribution is 2.41. The molecular weight excluding hydrogens is 413 g/mol. The van der Waals surface area contributed by atoms with Crippen molar-refractivity contribution >= 4 is 23.6 Å². The lowest BCUT2D eigenvalue weighted by atomic mass is 9.97. The monoisotopic (exact) mass is 445 g/mol. The first kappa shape index (κ1) is 25.0. The number of carboxylic acids is 1. The van der Waals surface area contributed by atoms with Crippen LogP contribution in [-0.2, 0) is 4.79 Å². The van der Waals surface area contributed by atoms with Gasteiger partial charge in [-0.2, -0.15) is 0 Å². The van der Waals surface area contributed by atoms with Crippen molar-refractivity contribution in [2.45, 2.75) is 78.5 Å². The Labute approximate surface area is 189 Å². The summed E-state index contributed by atoms with van der Waals surface area (Å²) in [6.45, 7) is 11.7. The average molecular weight is 446 g/mol. The molecule has 0 radical (unpaired) electrons. The Morgan fingerprint density at radius 3 is 2.52 bits per heavy atom. The molecule has 2 atom stereocenters. The minimum Gasteiger partial charge on any atom is -0.477 e. The third-order valence-electron chi connectivity index (χ3n) is 5.03. The molecule has 2 rings (SSSR count). The van der Waals surface area contributed by atoms with Crippen LogP contribution >= 0.6 is 11.8 Å². The van der Waals surface area contributed by atoms with Gasteiger partial charge in [0.25, 0.3) is 5.91 Å². The predicted octanol–water partition coefficient (Wildman–Crippen LogP) is 6.01. The number of allylic oxidation sites excluding steroid dienone is 1. The van der Waals surface area contributed by atoms with Gasteiger partial charge in [-0.15, -0.1) is 0 Å². The maximum atomic E-state index is 14.7. The predicted molar refractivity (Wildman–Crippen MR) is 124 cm³/mol. The van der Waals surface area contributed by atoms with E-state index in [4.69, 9.17) is 0 Å². The summed E-state index contributed by atoms with van der Waals surface area (Å²) < 4.78 is 14.7. The van der Waals surface area contributed by atoms with E-state index < -0.39 is 17.7 Å². The van der Waals surface area contributed by atoms with Gasteiger partial charge in [-0.25, -0.2) is 9.18 Å². The molecular formula is C25H32FNO3S. The van der Waals surface area contributed by atoms with Crippen LogP contribution in [0.15, 0.2) is 28.8 Å². The molecule has 1 N–H and O–H groups in total. The van der Waals surface area contributed by atoms with E-state index in [1.807, 2.05) is 34.6 Å². The van der Waals surface area contributed by atoms with Gasteiger partial charge in [-0.05, 0) is 58.2 Å². The maximum Gasteiger partial charge on any atom is 0.344 e. The number of rotatable bonds is 7. The molecule has 0 saturated heterocycles. The second-order valence-electron chi connectivity index (χ2n) is 8.92. The van der Waals surface area contributed by atoms with Crippen molar-refractivity contribution in [3.05, 3.63) is 45.7 Å². The van der Waals surface area contributed by atoms with E-state index in [9.17, 15) is 19.1 Å². The van der Waals surface area contributed by atoms with Crippen molar-refractivity contribution in [3.63, 3.8) is 0 Å². The highest BCUT2D eigenvalue weighted by molar-refractivity contribution is 8.05. The lowest BCUT2D eigenvalue weighted by Crippen LogP contribution is -2.40. The quantitative estimate of drug-likeness (QED) is 0.523. The van der Waals surface area contributed by atoms with Gasteiger partial charge in [0.2, 0.25) is 0 Å². The Hall–Kier alpha value is -2.26. The summed E-state index contributed by atoms with van der Waals surface area (Å²) in [5.74, 6) is 4.19. The second kappa shape index (κ2) is 10.4. The number of carbonyl (C=O) groups excluding carboxylic acids is 1. The van der Waals surface area contributed by atoms with E-state index in [0.717, 1.165) is 12.0 Å². The highest BCUT2D eigenvalue weighted by Gasteiger charge is 2.37. The minimum absolute atomic E-state index is 0.0355. The van der Waals surface area contributed by atoms with Gasteiger partial charge in [0.15, 0.2) is 0 Å². The number of halogens is 1. The summed E-state index contributed by atoms with van der Waals surface area (Å²) in [4.78, 5) is 27.3. The lowest BCUT2D eigenvalue weighted by Gasteiger charge is -2.33. The number of thioether (sulfide) groups is 1. The fourth-order valence-corrected chi connectivity index (χ4v) is 4.62. The summed E-state index contributed by atoms with van der Waals surface area (Å²) in [6.07, 6.45) is 2.52. The third-order valence-corrected chi connectivity index (χ3v) is 6.24. The Bertz CT molecular complexity index is 936. The zero-order valence-corrected chi connectivity index (χ0v) is 20.0. The Balaban J connectivity index is 2.55. The lowest BCUT2D eigenvalue weighted by molar-refractivity contribution is -0.131. The van der Waals surface area contributed by atoms with Crippen LogP contribution in [0.2, 0.25) is 0 Å². The molecule has 31 heavy (non-hydrogen) atoms. The molecule has 1 heterocycles. The molecule has 168 valence electrons. The first-order chi connectivity index (χ1) is 14.5. The number of carboxylic acid groups (broad SMARTS) is 1. The molecule has 6 heteroatoms. The van der Waals surface area contributed by atoms with Gasteiger partial charge in [0.05, 0.1) is 10.8 Å². The van der Waals surface area contributed by atoms with E-state index in [2.05, 4.69) is 11.8 Å². The molecule has 0 saturated carbocycles. The topological polar surface area (TPSA) is 57.6 Å². The van der Waals surface area contributed by atoms with Crippen molar-refractivity contribution in [3.8, 4) is 11.8 Å². The standard InChI is InChI=1S/C25H32FNO3S/c1-7-9-17(8-2)27(23(28)19-11-10-16(3)14-20(19)26)21-15-18(12-13-25(4,5)6)31-22(21)24(29)30/h10-11,14,17-18H,7-9,15H2,1-6H3,(H,29,30). The SMILES string of the molecule is CCCC(CC)N(C(=O)c1ccc(C)cc1F)C1=C(C(=O)O)SC(C#CC(C)(C)C)C1. The molecule has 2 unspecified atom stereocenters. The van der Waals surface area contributed by atoms with Crippen molar-refractivity contribution in [1.29, 1.82) is 0 Å². The van der Waals surface area contributed by atoms with Crippen LogP contribution in [0, 0.1) is 30.0 Å². The number of carbonyl (C=O) groups is 2. The Morgan fingerprint density at radius 2 is 2.00 bits per heavy atom. The molecule has 1 aliphatic heterocycles. The molecule has 1 aliphatic rings. The van der Waals surface area contributed by atoms with E-state index in [0.29, 0.717) is 25.0 Å². The van der Waals surface area contributed by atoms with Crippen LogP contribution in [0.5, 0.6) is 0 Å². The van der Waals surface area contributed by atoms with Crippen molar-refractivity contribution in [2.24, 2.45) is 5.41 Å². The third kappa shape index (κ3) is 6.36. The van der Waals surface area contributed by atoms with Crippen LogP contribution in [0.25, 0.3) is 0 Å². The first-order valence-electron chi connectivity index (χ1n) is 10.7. The van der Waals surface area contributed by atoms with Gasteiger partial charge >= 0.3 is 5.97 Å². The number of aryl methyl sites for hydroxylation is 1. The first-order valence-corrected chi connectivity index (χ1v) is 11.6. The van der Waals surface area contributed by atoms with E-state index >= 15 is 0 Å². The van der Waals surface area contributed by atoms with Crippen LogP contribution in [0.4, 0.5) is 4.39 Å². The van der Waals surface area contributed by atoms with Crippen molar-refractivity contribution in [1.82, 2.24) is 4.90 Å². The van der Waals surface area contributed by atoms with Gasteiger partial charge < -0.3 is 10.0 Å². The van der Waals surface area contributed by atoms with Gasteiger partial charge in [-0.1, -0.05) is 49.9 Å². The fraction of sp³-hybridized carbons (Fsp3) is 0.520. The van der Waals surface area contributed by atoms with Crippen molar-refractivity contribution in [2.75, 3.05) is 0 Å². The zero-order valence-electron chi connectivity index (χ0n) is 19.2. The smallest absolute Gasteiger partial charge is 0.344 e. The van der Waals surface area contributed by atoms with Gasteiger partial charge in [0.1, 0.15) is 10.7 Å². The summed E-state index contributed by atoms with van der Waals surface area (Å²) in [6, 6.07) is 4.30. The molecule has 4 nitrogen and oxygen atoms in total. The van der Waals surface area contributed by atoms with Crippen LogP contribution in [-0.4, -0.2) is 33.2 Å². The average Bonchev–Trinajstić information content (AvgIpc) is 3.09. The molecule has 1 amide bonds. The number of nitrogens with zero attached hydrogens (tertiary/aromatic N) is 1. The fourth-order valence-electron chi connectivity index (χ4n) is 3.56. The molecule has 0 spiro atoms. The van der Waals surface area contributed by atoms with Crippen LogP contribution in [0.3, 0.4) is 0 Å². The summed E-state index contributed by atoms with van der Waals surface area (Å²) in [5, 5.41) is 9.62. The van der Waals surface area contributed by atoms with Crippen LogP contribution < -0.4 is 0 Å². The van der Waals surface area contributed by atoms with E-state index in [-0.39, 0.29) is 27.2 Å². The van der Waals surface area contributed by atoms with Gasteiger partial charge in [0, 0.05) is 23.6 Å². The number of hydrogen-bond acceptors (Lipinski definition) is 3. The van der Waals surface area contributed by atoms with Gasteiger partial charge in [-0.3, -0.25) is 4.79 Å². The maximum absolute atomic E-state index is 14.7. The molecule has 0 aliphatic carbocycles. The second-order valence-corrected chi connectivity index (χ2v) is 10.1. The Kier molecular flexibility index (Phi) is 8.36.